The van der Waals surface area contributed by atoms with Crippen molar-refractivity contribution in [2.45, 2.75) is 9.79 Å². The Morgan fingerprint density at radius 2 is 1.08 bits per heavy atom. The van der Waals surface area contributed by atoms with Crippen LogP contribution in [0.2, 0.25) is 0 Å². The van der Waals surface area contributed by atoms with Gasteiger partial charge in [-0.25, -0.2) is 16.8 Å². The zero-order chi connectivity index (χ0) is 16.4. The predicted molar refractivity (Wildman–Crippen MR) is 73.3 cm³/mol. The summed E-state index contributed by atoms with van der Waals surface area (Å²) in [6.45, 7) is 0. The molecule has 24 heavy (non-hydrogen) atoms. The number of pyridine rings is 2. The van der Waals surface area contributed by atoms with Crippen LogP contribution in [0, 0.1) is 0 Å². The minimum Gasteiger partial charge on any atom is -0.744 e. The number of rotatable bonds is 4. The van der Waals surface area contributed by atoms with Crippen molar-refractivity contribution in [3.63, 3.8) is 0 Å². The van der Waals surface area contributed by atoms with E-state index in [-0.39, 0.29) is 70.2 Å². The third-order valence-corrected chi connectivity index (χ3v) is 4.37. The first-order valence-corrected chi connectivity index (χ1v) is 8.49. The van der Waals surface area contributed by atoms with E-state index in [1.54, 1.807) is 0 Å². The fourth-order valence-corrected chi connectivity index (χ4v) is 2.88. The molecule has 0 aliphatic rings. The smallest absolute Gasteiger partial charge is 0.744 e. The first-order chi connectivity index (χ1) is 10.2. The molecule has 2 aromatic heterocycles. The average molecular weight is 386 g/mol. The Balaban J connectivity index is 0.00000264. The van der Waals surface area contributed by atoms with Crippen molar-refractivity contribution < 1.29 is 85.1 Å². The summed E-state index contributed by atoms with van der Waals surface area (Å²) < 4.78 is 66.6. The van der Waals surface area contributed by atoms with Crippen LogP contribution in [0.1, 0.15) is 11.1 Å². The SMILES string of the molecule is O=S(=O)([O-])c1cnccc1C=Cc1ccncc1S(=O)(=O)[O-].[Na+].[Na+]. The van der Waals surface area contributed by atoms with Gasteiger partial charge in [-0.2, -0.15) is 0 Å². The third kappa shape index (κ3) is 6.30. The van der Waals surface area contributed by atoms with Gasteiger partial charge < -0.3 is 9.11 Å². The topological polar surface area (TPSA) is 140 Å². The van der Waals surface area contributed by atoms with Crippen molar-refractivity contribution in [1.29, 1.82) is 0 Å². The van der Waals surface area contributed by atoms with Gasteiger partial charge in [0.15, 0.2) is 0 Å². The fraction of sp³-hybridized carbons (Fsp3) is 0. The Bertz CT molecular complexity index is 868. The summed E-state index contributed by atoms with van der Waals surface area (Å²) in [4.78, 5) is 6.01. The van der Waals surface area contributed by atoms with Crippen molar-refractivity contribution in [2.24, 2.45) is 0 Å². The van der Waals surface area contributed by atoms with Gasteiger partial charge in [0.05, 0.1) is 9.79 Å². The van der Waals surface area contributed by atoms with Gasteiger partial charge in [-0.1, -0.05) is 12.2 Å². The van der Waals surface area contributed by atoms with Gasteiger partial charge in [0.25, 0.3) is 0 Å². The molecule has 2 aromatic rings. The molecule has 2 rings (SSSR count). The van der Waals surface area contributed by atoms with Crippen LogP contribution in [-0.2, 0) is 20.2 Å². The monoisotopic (exact) mass is 386 g/mol. The van der Waals surface area contributed by atoms with Crippen LogP contribution in [0.4, 0.5) is 0 Å². The Morgan fingerprint density at radius 3 is 1.38 bits per heavy atom. The molecule has 116 valence electrons. The Morgan fingerprint density at radius 1 is 0.750 bits per heavy atom. The van der Waals surface area contributed by atoms with Crippen LogP contribution < -0.4 is 59.1 Å². The van der Waals surface area contributed by atoms with E-state index in [0.717, 1.165) is 12.4 Å². The van der Waals surface area contributed by atoms with E-state index >= 15 is 0 Å². The van der Waals surface area contributed by atoms with E-state index in [0.29, 0.717) is 0 Å². The maximum Gasteiger partial charge on any atom is 1.00 e. The second-order valence-corrected chi connectivity index (χ2v) is 6.76. The molecule has 12 heteroatoms. The zero-order valence-electron chi connectivity index (χ0n) is 12.8. The first kappa shape index (κ1) is 23.9. The van der Waals surface area contributed by atoms with E-state index in [4.69, 9.17) is 0 Å². The number of hydrogen-bond acceptors (Lipinski definition) is 8. The molecule has 0 spiro atoms. The van der Waals surface area contributed by atoms with Crippen LogP contribution in [0.3, 0.4) is 0 Å². The molecule has 0 N–H and O–H groups in total. The van der Waals surface area contributed by atoms with E-state index in [9.17, 15) is 25.9 Å². The summed E-state index contributed by atoms with van der Waals surface area (Å²) in [5.74, 6) is 0. The predicted octanol–water partition coefficient (Wildman–Crippen LogP) is -5.54. The normalized spacial score (nSPS) is 11.6. The van der Waals surface area contributed by atoms with Crippen LogP contribution in [0.25, 0.3) is 12.2 Å². The molecule has 0 aliphatic carbocycles. The maximum absolute atomic E-state index is 11.1. The maximum atomic E-state index is 11.1. The van der Waals surface area contributed by atoms with Crippen LogP contribution >= 0.6 is 0 Å². The van der Waals surface area contributed by atoms with Gasteiger partial charge in [-0.3, -0.25) is 9.97 Å². The molecule has 0 atom stereocenters. The van der Waals surface area contributed by atoms with E-state index in [1.807, 2.05) is 0 Å². The summed E-state index contributed by atoms with van der Waals surface area (Å²) in [6.07, 6.45) is 6.73. The molecule has 0 amide bonds. The van der Waals surface area contributed by atoms with Crippen LogP contribution in [0.5, 0.6) is 0 Å². The largest absolute Gasteiger partial charge is 1.00 e. The summed E-state index contributed by atoms with van der Waals surface area (Å²) in [6, 6.07) is 2.54. The van der Waals surface area contributed by atoms with E-state index < -0.39 is 30.0 Å². The molecule has 0 saturated carbocycles. The minimum absolute atomic E-state index is 0. The Labute approximate surface area is 183 Å². The summed E-state index contributed by atoms with van der Waals surface area (Å²) in [5.41, 5.74) is 0.0483. The van der Waals surface area contributed by atoms with Crippen molar-refractivity contribution in [3.8, 4) is 0 Å². The molecular weight excluding hydrogens is 378 g/mol. The molecule has 0 radical (unpaired) electrons. The molecule has 0 bridgehead atoms. The molecule has 0 unspecified atom stereocenters. The first-order valence-electron chi connectivity index (χ1n) is 5.67. The van der Waals surface area contributed by atoms with Crippen molar-refractivity contribution in [3.05, 3.63) is 48.0 Å². The van der Waals surface area contributed by atoms with Gasteiger partial charge in [0.1, 0.15) is 20.2 Å². The van der Waals surface area contributed by atoms with Crippen LogP contribution in [-0.4, -0.2) is 35.9 Å². The molecule has 0 saturated heterocycles. The molecule has 0 aliphatic heterocycles. The molecule has 8 nitrogen and oxygen atoms in total. The quantitative estimate of drug-likeness (QED) is 0.374. The molecular formula is C12H8N2Na2O6S2. The third-order valence-electron chi connectivity index (χ3n) is 2.61. The second kappa shape index (κ2) is 9.53. The Hall–Kier alpha value is -0.140. The van der Waals surface area contributed by atoms with E-state index in [1.165, 1.54) is 36.7 Å². The molecule has 0 fully saturated rings. The zero-order valence-corrected chi connectivity index (χ0v) is 18.4. The van der Waals surface area contributed by atoms with Crippen molar-refractivity contribution in [2.75, 3.05) is 0 Å². The fourth-order valence-electron chi connectivity index (χ4n) is 1.65. The minimum atomic E-state index is -4.73. The Kier molecular flexibility index (Phi) is 9.47. The summed E-state index contributed by atoms with van der Waals surface area (Å²) >= 11 is 0. The van der Waals surface area contributed by atoms with Gasteiger partial charge in [0.2, 0.25) is 0 Å². The van der Waals surface area contributed by atoms with Gasteiger partial charge in [-0.05, 0) is 23.3 Å². The number of nitrogens with zero attached hydrogens (tertiary/aromatic N) is 2. The van der Waals surface area contributed by atoms with Gasteiger partial charge >= 0.3 is 59.1 Å². The number of hydrogen-bond donors (Lipinski definition) is 0. The van der Waals surface area contributed by atoms with E-state index in [2.05, 4.69) is 9.97 Å². The standard InChI is InChI=1S/C12H10N2O6S2.2Na/c15-21(16,17)11-7-13-5-3-9(11)1-2-10-4-6-14-8-12(10)22(18,19)20;;/h1-8H,(H,15,16,17)(H,18,19,20);;/q;2*+1/p-2. The summed E-state index contributed by atoms with van der Waals surface area (Å²) in [5, 5.41) is 0. The average Bonchev–Trinajstić information content (AvgIpc) is 2.44. The van der Waals surface area contributed by atoms with Gasteiger partial charge in [-0.15, -0.1) is 0 Å². The van der Waals surface area contributed by atoms with Crippen molar-refractivity contribution in [1.82, 2.24) is 9.97 Å². The van der Waals surface area contributed by atoms with Crippen LogP contribution in [0.15, 0.2) is 46.7 Å². The molecule has 2 heterocycles. The summed E-state index contributed by atoms with van der Waals surface area (Å²) in [7, 11) is -9.46. The molecule has 0 aromatic carbocycles. The number of aromatic nitrogens is 2. The van der Waals surface area contributed by atoms with Crippen molar-refractivity contribution >= 4 is 32.4 Å². The second-order valence-electron chi connectivity index (χ2n) is 4.07. The van der Waals surface area contributed by atoms with Gasteiger partial charge in [0, 0.05) is 24.8 Å².